The molecule has 4 nitrogen and oxygen atoms in total. The zero-order valence-electron chi connectivity index (χ0n) is 12.7. The van der Waals surface area contributed by atoms with E-state index in [1.807, 2.05) is 0 Å². The maximum atomic E-state index is 13.4. The van der Waals surface area contributed by atoms with Gasteiger partial charge in [0, 0.05) is 6.04 Å². The van der Waals surface area contributed by atoms with Crippen LogP contribution in [0.15, 0.2) is 12.1 Å². The van der Waals surface area contributed by atoms with Gasteiger partial charge in [-0.2, -0.15) is 0 Å². The lowest BCUT2D eigenvalue weighted by atomic mass is 9.95. The van der Waals surface area contributed by atoms with E-state index in [1.54, 1.807) is 0 Å². The van der Waals surface area contributed by atoms with Crippen LogP contribution in [0.25, 0.3) is 0 Å². The summed E-state index contributed by atoms with van der Waals surface area (Å²) in [5.74, 6) is -2.00. The summed E-state index contributed by atoms with van der Waals surface area (Å²) in [6.07, 6.45) is 4.22. The summed E-state index contributed by atoms with van der Waals surface area (Å²) < 4.78 is 18.5. The Kier molecular flexibility index (Phi) is 6.25. The Labute approximate surface area is 144 Å². The first-order valence-electron chi connectivity index (χ1n) is 7.54. The second-order valence-corrected chi connectivity index (χ2v) is 6.45. The number of esters is 1. The predicted molar refractivity (Wildman–Crippen MR) is 86.3 cm³/mol. The van der Waals surface area contributed by atoms with Crippen molar-refractivity contribution < 1.29 is 18.7 Å². The Bertz CT molecular complexity index is 603. The van der Waals surface area contributed by atoms with E-state index in [0.29, 0.717) is 0 Å². The van der Waals surface area contributed by atoms with Gasteiger partial charge in [0.25, 0.3) is 5.91 Å². The molecule has 1 fully saturated rings. The standard InChI is InChI=1S/C16H18Cl2FNO3/c1-9(15(21)20-10-5-3-2-4-6-10)23-16(22)11-7-14(19)13(18)8-12(11)17/h7-10H,2-6H2,1H3,(H,20,21). The molecule has 0 aliphatic heterocycles. The van der Waals surface area contributed by atoms with E-state index in [4.69, 9.17) is 27.9 Å². The molecule has 2 rings (SSSR count). The van der Waals surface area contributed by atoms with Crippen LogP contribution in [0, 0.1) is 5.82 Å². The maximum Gasteiger partial charge on any atom is 0.340 e. The van der Waals surface area contributed by atoms with Crippen molar-refractivity contribution in [1.82, 2.24) is 5.32 Å². The molecule has 0 bridgehead atoms. The minimum absolute atomic E-state index is 0.0266. The van der Waals surface area contributed by atoms with E-state index < -0.39 is 17.9 Å². The van der Waals surface area contributed by atoms with E-state index >= 15 is 0 Å². The second-order valence-electron chi connectivity index (χ2n) is 5.64. The third-order valence-corrected chi connectivity index (χ3v) is 4.44. The van der Waals surface area contributed by atoms with Gasteiger partial charge in [-0.1, -0.05) is 42.5 Å². The van der Waals surface area contributed by atoms with Crippen molar-refractivity contribution in [3.63, 3.8) is 0 Å². The fourth-order valence-corrected chi connectivity index (χ4v) is 2.98. The van der Waals surface area contributed by atoms with E-state index in [-0.39, 0.29) is 27.6 Å². The molecule has 1 aromatic rings. The number of benzene rings is 1. The van der Waals surface area contributed by atoms with Crippen LogP contribution in [0.4, 0.5) is 4.39 Å². The molecular weight excluding hydrogens is 344 g/mol. The smallest absolute Gasteiger partial charge is 0.340 e. The zero-order chi connectivity index (χ0) is 17.0. The lowest BCUT2D eigenvalue weighted by molar-refractivity contribution is -0.130. The molecule has 7 heteroatoms. The molecule has 23 heavy (non-hydrogen) atoms. The number of halogens is 3. The van der Waals surface area contributed by atoms with Crippen molar-refractivity contribution in [2.45, 2.75) is 51.2 Å². The summed E-state index contributed by atoms with van der Waals surface area (Å²) in [5, 5.41) is 2.65. The molecule has 126 valence electrons. The molecule has 0 radical (unpaired) electrons. The highest BCUT2D eigenvalue weighted by molar-refractivity contribution is 6.36. The molecule has 0 saturated heterocycles. The molecule has 1 aromatic carbocycles. The Balaban J connectivity index is 1.96. The number of carbonyl (C=O) groups is 2. The zero-order valence-corrected chi connectivity index (χ0v) is 14.2. The largest absolute Gasteiger partial charge is 0.449 e. The topological polar surface area (TPSA) is 55.4 Å². The van der Waals surface area contributed by atoms with Crippen molar-refractivity contribution in [1.29, 1.82) is 0 Å². The molecule has 1 atom stereocenters. The van der Waals surface area contributed by atoms with Gasteiger partial charge in [-0.05, 0) is 31.9 Å². The van der Waals surface area contributed by atoms with Gasteiger partial charge in [0.05, 0.1) is 15.6 Å². The molecule has 1 saturated carbocycles. The monoisotopic (exact) mass is 361 g/mol. The van der Waals surface area contributed by atoms with Gasteiger partial charge in [0.2, 0.25) is 0 Å². The number of hydrogen-bond acceptors (Lipinski definition) is 3. The molecule has 1 aliphatic rings. The third kappa shape index (κ3) is 4.82. The van der Waals surface area contributed by atoms with Crippen LogP contribution in [-0.4, -0.2) is 24.0 Å². The average Bonchev–Trinajstić information content (AvgIpc) is 2.51. The van der Waals surface area contributed by atoms with Crippen molar-refractivity contribution >= 4 is 35.1 Å². The van der Waals surface area contributed by atoms with Gasteiger partial charge in [-0.15, -0.1) is 0 Å². The fraction of sp³-hybridized carbons (Fsp3) is 0.500. The van der Waals surface area contributed by atoms with Crippen LogP contribution in [0.1, 0.15) is 49.4 Å². The van der Waals surface area contributed by atoms with Crippen molar-refractivity contribution in [2.75, 3.05) is 0 Å². The minimum Gasteiger partial charge on any atom is -0.449 e. The summed E-state index contributed by atoms with van der Waals surface area (Å²) in [5.41, 5.74) is -0.161. The Hall–Kier alpha value is -1.33. The predicted octanol–water partition coefficient (Wildman–Crippen LogP) is 4.13. The highest BCUT2D eigenvalue weighted by Gasteiger charge is 2.24. The van der Waals surface area contributed by atoms with Gasteiger partial charge in [-0.3, -0.25) is 4.79 Å². The quantitative estimate of drug-likeness (QED) is 0.647. The number of carbonyl (C=O) groups excluding carboxylic acids is 2. The second kappa shape index (κ2) is 7.97. The van der Waals surface area contributed by atoms with Crippen LogP contribution in [-0.2, 0) is 9.53 Å². The number of ether oxygens (including phenoxy) is 1. The number of nitrogens with one attached hydrogen (secondary N) is 1. The third-order valence-electron chi connectivity index (χ3n) is 3.83. The summed E-state index contributed by atoms with van der Waals surface area (Å²) in [7, 11) is 0. The van der Waals surface area contributed by atoms with Crippen molar-refractivity contribution in [3.8, 4) is 0 Å². The van der Waals surface area contributed by atoms with Crippen LogP contribution >= 0.6 is 23.2 Å². The first kappa shape index (κ1) is 18.0. The van der Waals surface area contributed by atoms with E-state index in [1.165, 1.54) is 13.3 Å². The summed E-state index contributed by atoms with van der Waals surface area (Å²) >= 11 is 11.4. The highest BCUT2D eigenvalue weighted by Crippen LogP contribution is 2.25. The van der Waals surface area contributed by atoms with E-state index in [9.17, 15) is 14.0 Å². The molecule has 1 N–H and O–H groups in total. The van der Waals surface area contributed by atoms with E-state index in [0.717, 1.165) is 37.8 Å². The molecule has 0 aromatic heterocycles. The van der Waals surface area contributed by atoms with Crippen molar-refractivity contribution in [2.24, 2.45) is 0 Å². The minimum atomic E-state index is -0.987. The molecule has 1 aliphatic carbocycles. The maximum absolute atomic E-state index is 13.4. The first-order valence-corrected chi connectivity index (χ1v) is 8.30. The first-order chi connectivity index (χ1) is 10.9. The lowest BCUT2D eigenvalue weighted by Crippen LogP contribution is -2.42. The highest BCUT2D eigenvalue weighted by atomic mass is 35.5. The summed E-state index contributed by atoms with van der Waals surface area (Å²) in [6.45, 7) is 1.47. The number of hydrogen-bond donors (Lipinski definition) is 1. The van der Waals surface area contributed by atoms with Gasteiger partial charge < -0.3 is 10.1 Å². The van der Waals surface area contributed by atoms with Gasteiger partial charge in [0.1, 0.15) is 5.82 Å². The van der Waals surface area contributed by atoms with Crippen LogP contribution in [0.3, 0.4) is 0 Å². The van der Waals surface area contributed by atoms with Gasteiger partial charge in [0.15, 0.2) is 6.10 Å². The molecule has 0 spiro atoms. The molecule has 1 unspecified atom stereocenters. The van der Waals surface area contributed by atoms with Crippen LogP contribution in [0.5, 0.6) is 0 Å². The lowest BCUT2D eigenvalue weighted by Gasteiger charge is -2.24. The van der Waals surface area contributed by atoms with Crippen LogP contribution < -0.4 is 5.32 Å². The van der Waals surface area contributed by atoms with Gasteiger partial charge >= 0.3 is 5.97 Å². The number of rotatable bonds is 4. The Morgan fingerprint density at radius 1 is 1.22 bits per heavy atom. The van der Waals surface area contributed by atoms with E-state index in [2.05, 4.69) is 5.32 Å². The summed E-state index contributed by atoms with van der Waals surface area (Å²) in [4.78, 5) is 24.1. The average molecular weight is 362 g/mol. The molecule has 0 heterocycles. The number of amides is 1. The Morgan fingerprint density at radius 2 is 1.87 bits per heavy atom. The van der Waals surface area contributed by atoms with Gasteiger partial charge in [-0.25, -0.2) is 9.18 Å². The fourth-order valence-electron chi connectivity index (χ4n) is 2.52. The summed E-state index contributed by atoms with van der Waals surface area (Å²) in [6, 6.07) is 2.15. The SMILES string of the molecule is CC(OC(=O)c1cc(F)c(Cl)cc1Cl)C(=O)NC1CCCCC1. The molecular formula is C16H18Cl2FNO3. The Morgan fingerprint density at radius 3 is 2.52 bits per heavy atom. The van der Waals surface area contributed by atoms with Crippen molar-refractivity contribution in [3.05, 3.63) is 33.6 Å². The molecule has 1 amide bonds. The normalized spacial score (nSPS) is 16.7. The van der Waals surface area contributed by atoms with Crippen LogP contribution in [0.2, 0.25) is 10.0 Å².